The SMILES string of the molecule is COC(=O)C(C)C(C)N(C)C(C)Cc1cccs1. The van der Waals surface area contributed by atoms with Crippen LogP contribution in [0.5, 0.6) is 0 Å². The molecule has 3 atom stereocenters. The molecular weight excluding hydrogens is 246 g/mol. The molecule has 1 heterocycles. The van der Waals surface area contributed by atoms with Crippen molar-refractivity contribution < 1.29 is 9.53 Å². The summed E-state index contributed by atoms with van der Waals surface area (Å²) in [5, 5.41) is 2.10. The first kappa shape index (κ1) is 15.2. The fourth-order valence-electron chi connectivity index (χ4n) is 2.00. The Morgan fingerprint density at radius 2 is 2.11 bits per heavy atom. The third kappa shape index (κ3) is 3.82. The molecule has 0 saturated carbocycles. The van der Waals surface area contributed by atoms with E-state index in [2.05, 4.69) is 43.3 Å². The number of ether oxygens (including phenoxy) is 1. The number of likely N-dealkylation sites (N-methyl/N-ethyl adjacent to an activating group) is 1. The normalized spacial score (nSPS) is 16.3. The minimum Gasteiger partial charge on any atom is -0.469 e. The zero-order valence-corrected chi connectivity index (χ0v) is 12.7. The highest BCUT2D eigenvalue weighted by Crippen LogP contribution is 2.18. The standard InChI is InChI=1S/C14H23NO2S/c1-10(9-13-7-6-8-18-13)15(4)12(3)11(2)14(16)17-5/h6-8,10-12H,9H2,1-5H3. The molecule has 18 heavy (non-hydrogen) atoms. The van der Waals surface area contributed by atoms with Gasteiger partial charge in [0.15, 0.2) is 0 Å². The molecule has 0 aliphatic carbocycles. The minimum absolute atomic E-state index is 0.106. The molecule has 1 rings (SSSR count). The molecule has 0 aliphatic rings. The highest BCUT2D eigenvalue weighted by molar-refractivity contribution is 7.09. The number of hydrogen-bond acceptors (Lipinski definition) is 4. The molecule has 0 aliphatic heterocycles. The Morgan fingerprint density at radius 3 is 2.61 bits per heavy atom. The van der Waals surface area contributed by atoms with E-state index in [0.29, 0.717) is 6.04 Å². The van der Waals surface area contributed by atoms with Crippen molar-refractivity contribution in [2.75, 3.05) is 14.2 Å². The number of thiophene rings is 1. The maximum atomic E-state index is 11.6. The van der Waals surface area contributed by atoms with Crippen LogP contribution in [0.25, 0.3) is 0 Å². The van der Waals surface area contributed by atoms with Crippen molar-refractivity contribution in [1.82, 2.24) is 4.90 Å². The molecule has 0 N–H and O–H groups in total. The van der Waals surface area contributed by atoms with Gasteiger partial charge in [-0.15, -0.1) is 11.3 Å². The van der Waals surface area contributed by atoms with E-state index < -0.39 is 0 Å². The van der Waals surface area contributed by atoms with E-state index in [1.54, 1.807) is 11.3 Å². The summed E-state index contributed by atoms with van der Waals surface area (Å²) in [6, 6.07) is 4.81. The van der Waals surface area contributed by atoms with Gasteiger partial charge in [0.1, 0.15) is 0 Å². The molecule has 0 radical (unpaired) electrons. The quantitative estimate of drug-likeness (QED) is 0.744. The first-order chi connectivity index (χ1) is 8.47. The summed E-state index contributed by atoms with van der Waals surface area (Å²) in [4.78, 5) is 15.2. The summed E-state index contributed by atoms with van der Waals surface area (Å²) in [7, 11) is 3.52. The molecule has 0 aromatic carbocycles. The summed E-state index contributed by atoms with van der Waals surface area (Å²) in [5.74, 6) is -0.247. The highest BCUT2D eigenvalue weighted by atomic mass is 32.1. The van der Waals surface area contributed by atoms with Gasteiger partial charge in [0.25, 0.3) is 0 Å². The number of nitrogens with zero attached hydrogens (tertiary/aromatic N) is 1. The Labute approximate surface area is 114 Å². The third-order valence-corrected chi connectivity index (χ3v) is 4.61. The van der Waals surface area contributed by atoms with E-state index in [1.165, 1.54) is 12.0 Å². The Kier molecular flexibility index (Phi) is 5.82. The second-order valence-electron chi connectivity index (χ2n) is 4.85. The largest absolute Gasteiger partial charge is 0.469 e. The van der Waals surface area contributed by atoms with Crippen LogP contribution < -0.4 is 0 Å². The smallest absolute Gasteiger partial charge is 0.309 e. The number of rotatable bonds is 6. The Balaban J connectivity index is 2.57. The lowest BCUT2D eigenvalue weighted by Gasteiger charge is -2.33. The van der Waals surface area contributed by atoms with Gasteiger partial charge in [0, 0.05) is 17.0 Å². The summed E-state index contributed by atoms with van der Waals surface area (Å²) in [5.41, 5.74) is 0. The first-order valence-corrected chi connectivity index (χ1v) is 7.17. The van der Waals surface area contributed by atoms with Gasteiger partial charge in [-0.2, -0.15) is 0 Å². The van der Waals surface area contributed by atoms with Crippen molar-refractivity contribution in [3.63, 3.8) is 0 Å². The number of carbonyl (C=O) groups is 1. The molecule has 0 spiro atoms. The molecule has 0 amide bonds. The average Bonchev–Trinajstić information content (AvgIpc) is 2.87. The van der Waals surface area contributed by atoms with E-state index in [-0.39, 0.29) is 17.9 Å². The zero-order valence-electron chi connectivity index (χ0n) is 11.8. The lowest BCUT2D eigenvalue weighted by molar-refractivity contribution is -0.147. The van der Waals surface area contributed by atoms with Crippen LogP contribution in [0.2, 0.25) is 0 Å². The number of esters is 1. The number of hydrogen-bond donors (Lipinski definition) is 0. The number of carbonyl (C=O) groups excluding carboxylic acids is 1. The summed E-state index contributed by atoms with van der Waals surface area (Å²) < 4.78 is 4.81. The van der Waals surface area contributed by atoms with Gasteiger partial charge >= 0.3 is 5.97 Å². The Hall–Kier alpha value is -0.870. The second-order valence-corrected chi connectivity index (χ2v) is 5.88. The fourth-order valence-corrected chi connectivity index (χ4v) is 2.83. The third-order valence-electron chi connectivity index (χ3n) is 3.71. The maximum Gasteiger partial charge on any atom is 0.309 e. The van der Waals surface area contributed by atoms with Gasteiger partial charge in [-0.25, -0.2) is 0 Å². The van der Waals surface area contributed by atoms with Crippen LogP contribution in [-0.4, -0.2) is 37.1 Å². The molecular formula is C14H23NO2S. The van der Waals surface area contributed by atoms with Crippen molar-refractivity contribution in [2.24, 2.45) is 5.92 Å². The molecule has 3 nitrogen and oxygen atoms in total. The van der Waals surface area contributed by atoms with Crippen LogP contribution in [0.15, 0.2) is 17.5 Å². The van der Waals surface area contributed by atoms with Crippen molar-refractivity contribution in [3.05, 3.63) is 22.4 Å². The van der Waals surface area contributed by atoms with Gasteiger partial charge in [0.05, 0.1) is 13.0 Å². The van der Waals surface area contributed by atoms with Crippen molar-refractivity contribution in [2.45, 2.75) is 39.3 Å². The van der Waals surface area contributed by atoms with Gasteiger partial charge in [0.2, 0.25) is 0 Å². The predicted molar refractivity (Wildman–Crippen MR) is 75.9 cm³/mol. The van der Waals surface area contributed by atoms with Crippen molar-refractivity contribution in [3.8, 4) is 0 Å². The van der Waals surface area contributed by atoms with Crippen LogP contribution >= 0.6 is 11.3 Å². The monoisotopic (exact) mass is 269 g/mol. The van der Waals surface area contributed by atoms with E-state index in [4.69, 9.17) is 4.74 Å². The molecule has 0 fully saturated rings. The molecule has 1 aromatic heterocycles. The van der Waals surface area contributed by atoms with Crippen LogP contribution in [0, 0.1) is 5.92 Å². The van der Waals surface area contributed by atoms with Gasteiger partial charge in [-0.1, -0.05) is 13.0 Å². The molecule has 1 aromatic rings. The van der Waals surface area contributed by atoms with Gasteiger partial charge in [-0.3, -0.25) is 9.69 Å². The van der Waals surface area contributed by atoms with Crippen LogP contribution in [-0.2, 0) is 16.0 Å². The highest BCUT2D eigenvalue weighted by Gasteiger charge is 2.26. The average molecular weight is 269 g/mol. The lowest BCUT2D eigenvalue weighted by atomic mass is 10.0. The lowest BCUT2D eigenvalue weighted by Crippen LogP contribution is -2.43. The minimum atomic E-state index is -0.141. The van der Waals surface area contributed by atoms with E-state index in [9.17, 15) is 4.79 Å². The summed E-state index contributed by atoms with van der Waals surface area (Å²) in [6.07, 6.45) is 1.02. The van der Waals surface area contributed by atoms with E-state index in [1.807, 2.05) is 6.92 Å². The molecule has 3 unspecified atom stereocenters. The van der Waals surface area contributed by atoms with Crippen LogP contribution in [0.1, 0.15) is 25.6 Å². The van der Waals surface area contributed by atoms with E-state index in [0.717, 1.165) is 6.42 Å². The van der Waals surface area contributed by atoms with Crippen molar-refractivity contribution >= 4 is 17.3 Å². The zero-order chi connectivity index (χ0) is 13.7. The van der Waals surface area contributed by atoms with Gasteiger partial charge in [-0.05, 0) is 38.8 Å². The second kappa shape index (κ2) is 6.90. The summed E-state index contributed by atoms with van der Waals surface area (Å²) in [6.45, 7) is 6.19. The summed E-state index contributed by atoms with van der Waals surface area (Å²) >= 11 is 1.78. The molecule has 0 bridgehead atoms. The fraction of sp³-hybridized carbons (Fsp3) is 0.643. The Bertz CT molecular complexity index is 364. The predicted octanol–water partition coefficient (Wildman–Crippen LogP) is 2.81. The van der Waals surface area contributed by atoms with Crippen LogP contribution in [0.4, 0.5) is 0 Å². The first-order valence-electron chi connectivity index (χ1n) is 6.29. The topological polar surface area (TPSA) is 29.5 Å². The molecule has 4 heteroatoms. The molecule has 102 valence electrons. The Morgan fingerprint density at radius 1 is 1.44 bits per heavy atom. The maximum absolute atomic E-state index is 11.6. The molecule has 0 saturated heterocycles. The number of methoxy groups -OCH3 is 1. The van der Waals surface area contributed by atoms with Gasteiger partial charge < -0.3 is 4.74 Å². The van der Waals surface area contributed by atoms with Crippen molar-refractivity contribution in [1.29, 1.82) is 0 Å². The van der Waals surface area contributed by atoms with E-state index >= 15 is 0 Å². The van der Waals surface area contributed by atoms with Crippen LogP contribution in [0.3, 0.4) is 0 Å².